The van der Waals surface area contributed by atoms with Crippen LogP contribution in [0.2, 0.25) is 0 Å². The molecule has 0 aliphatic carbocycles. The number of likely N-dealkylation sites (tertiary alicyclic amines) is 1. The molecule has 0 unspecified atom stereocenters. The van der Waals surface area contributed by atoms with Crippen LogP contribution < -0.4 is 10.5 Å². The summed E-state index contributed by atoms with van der Waals surface area (Å²) in [6.45, 7) is 3.13. The van der Waals surface area contributed by atoms with Crippen LogP contribution in [0.15, 0.2) is 6.33 Å². The zero-order valence-electron chi connectivity index (χ0n) is 11.9. The first kappa shape index (κ1) is 13.1. The van der Waals surface area contributed by atoms with E-state index in [1.165, 1.54) is 19.2 Å². The molecule has 2 N–H and O–H groups in total. The van der Waals surface area contributed by atoms with Crippen molar-refractivity contribution < 1.29 is 4.74 Å². The first-order chi connectivity index (χ1) is 9.69. The third-order valence-corrected chi connectivity index (χ3v) is 4.00. The lowest BCUT2D eigenvalue weighted by atomic mass is 9.97. The molecular weight excluding hydrogens is 256 g/mol. The molecule has 0 radical (unpaired) electrons. The topological polar surface area (TPSA) is 82.1 Å². The number of anilines is 1. The second-order valence-electron chi connectivity index (χ2n) is 5.38. The Balaban J connectivity index is 1.89. The minimum absolute atomic E-state index is 0.476. The third kappa shape index (κ3) is 2.29. The van der Waals surface area contributed by atoms with Crippen molar-refractivity contribution in [1.29, 1.82) is 0 Å². The molecule has 0 atom stereocenters. The van der Waals surface area contributed by atoms with E-state index in [1.54, 1.807) is 7.11 Å². The molecule has 0 spiro atoms. The average Bonchev–Trinajstić information content (AvgIpc) is 2.77. The number of methoxy groups -OCH3 is 1. The number of hydrogen-bond acceptors (Lipinski definition) is 6. The fraction of sp³-hybridized carbons (Fsp3) is 0.615. The summed E-state index contributed by atoms with van der Waals surface area (Å²) < 4.78 is 7.19. The largest absolute Gasteiger partial charge is 0.479 e. The predicted molar refractivity (Wildman–Crippen MR) is 76.5 cm³/mol. The Morgan fingerprint density at radius 1 is 1.35 bits per heavy atom. The number of imidazole rings is 1. The molecule has 0 bridgehead atoms. The van der Waals surface area contributed by atoms with Crippen LogP contribution in [-0.4, -0.2) is 51.7 Å². The Hall–Kier alpha value is -1.89. The second kappa shape index (κ2) is 5.24. The molecule has 1 aliphatic heterocycles. The van der Waals surface area contributed by atoms with Gasteiger partial charge in [0.1, 0.15) is 6.33 Å². The minimum atomic E-state index is 0.476. The summed E-state index contributed by atoms with van der Waals surface area (Å²) in [6.07, 6.45) is 3.85. The number of nitrogens with two attached hydrogens (primary N) is 1. The highest BCUT2D eigenvalue weighted by Crippen LogP contribution is 2.26. The molecule has 3 heterocycles. The summed E-state index contributed by atoms with van der Waals surface area (Å²) in [5, 5.41) is 0. The monoisotopic (exact) mass is 276 g/mol. The fourth-order valence-electron chi connectivity index (χ4n) is 2.76. The van der Waals surface area contributed by atoms with Crippen LogP contribution >= 0.6 is 0 Å². The lowest BCUT2D eigenvalue weighted by molar-refractivity contribution is 0.206. The first-order valence-electron chi connectivity index (χ1n) is 6.88. The minimum Gasteiger partial charge on any atom is -0.479 e. The lowest BCUT2D eigenvalue weighted by Crippen LogP contribution is -2.32. The van der Waals surface area contributed by atoms with Crippen LogP contribution in [0, 0.1) is 5.92 Å². The van der Waals surface area contributed by atoms with E-state index in [-0.39, 0.29) is 0 Å². The number of ether oxygens (including phenoxy) is 1. The van der Waals surface area contributed by atoms with Gasteiger partial charge in [0.05, 0.1) is 7.11 Å². The van der Waals surface area contributed by atoms with E-state index in [0.717, 1.165) is 25.3 Å². The van der Waals surface area contributed by atoms with Crippen molar-refractivity contribution in [3.05, 3.63) is 6.33 Å². The zero-order chi connectivity index (χ0) is 14.1. The van der Waals surface area contributed by atoms with Gasteiger partial charge < -0.3 is 15.4 Å². The summed E-state index contributed by atoms with van der Waals surface area (Å²) in [6, 6.07) is 0. The van der Waals surface area contributed by atoms with Gasteiger partial charge in [0.25, 0.3) is 0 Å². The smallest absolute Gasteiger partial charge is 0.245 e. The maximum absolute atomic E-state index is 6.04. The van der Waals surface area contributed by atoms with Crippen LogP contribution in [0.25, 0.3) is 11.2 Å². The van der Waals surface area contributed by atoms with Gasteiger partial charge in [-0.3, -0.25) is 4.57 Å². The molecule has 0 aromatic carbocycles. The van der Waals surface area contributed by atoms with E-state index in [4.69, 9.17) is 10.5 Å². The quantitative estimate of drug-likeness (QED) is 0.891. The van der Waals surface area contributed by atoms with Crippen molar-refractivity contribution in [3.63, 3.8) is 0 Å². The molecule has 108 valence electrons. The van der Waals surface area contributed by atoms with Gasteiger partial charge in [0, 0.05) is 6.54 Å². The standard InChI is InChI=1S/C13H20N6O/c1-18-5-3-9(4-6-18)7-19-11-10(17-13(19)14)12(20-2)16-8-15-11/h8-9H,3-7H2,1-2H3,(H2,14,17). The Bertz CT molecular complexity index is 602. The van der Waals surface area contributed by atoms with Crippen LogP contribution in [0.1, 0.15) is 12.8 Å². The van der Waals surface area contributed by atoms with E-state index < -0.39 is 0 Å². The molecule has 7 heteroatoms. The average molecular weight is 276 g/mol. The van der Waals surface area contributed by atoms with Gasteiger partial charge in [-0.05, 0) is 38.9 Å². The van der Waals surface area contributed by atoms with Crippen molar-refractivity contribution in [2.24, 2.45) is 5.92 Å². The van der Waals surface area contributed by atoms with E-state index in [0.29, 0.717) is 23.3 Å². The van der Waals surface area contributed by atoms with E-state index in [9.17, 15) is 0 Å². The van der Waals surface area contributed by atoms with Crippen molar-refractivity contribution in [2.45, 2.75) is 19.4 Å². The maximum Gasteiger partial charge on any atom is 0.245 e. The molecule has 1 fully saturated rings. The van der Waals surface area contributed by atoms with Crippen LogP contribution in [0.4, 0.5) is 5.95 Å². The van der Waals surface area contributed by atoms with Gasteiger partial charge in [-0.25, -0.2) is 9.97 Å². The van der Waals surface area contributed by atoms with Gasteiger partial charge in [-0.2, -0.15) is 4.98 Å². The van der Waals surface area contributed by atoms with Crippen molar-refractivity contribution >= 4 is 17.1 Å². The van der Waals surface area contributed by atoms with Crippen LogP contribution in [0.3, 0.4) is 0 Å². The number of piperidine rings is 1. The number of nitrogens with zero attached hydrogens (tertiary/aromatic N) is 5. The van der Waals surface area contributed by atoms with Crippen LogP contribution in [0.5, 0.6) is 5.88 Å². The van der Waals surface area contributed by atoms with Gasteiger partial charge in [-0.1, -0.05) is 0 Å². The summed E-state index contributed by atoms with van der Waals surface area (Å²) in [4.78, 5) is 15.1. The Kier molecular flexibility index (Phi) is 3.43. The Labute approximate surface area is 117 Å². The third-order valence-electron chi connectivity index (χ3n) is 4.00. The van der Waals surface area contributed by atoms with E-state index >= 15 is 0 Å². The van der Waals surface area contributed by atoms with Crippen molar-refractivity contribution in [2.75, 3.05) is 33.0 Å². The predicted octanol–water partition coefficient (Wildman–Crippen LogP) is 0.759. The van der Waals surface area contributed by atoms with Gasteiger partial charge in [0.15, 0.2) is 11.2 Å². The van der Waals surface area contributed by atoms with Gasteiger partial charge in [0.2, 0.25) is 11.8 Å². The molecular formula is C13H20N6O. The summed E-state index contributed by atoms with van der Waals surface area (Å²) in [5.41, 5.74) is 7.44. The van der Waals surface area contributed by atoms with E-state index in [2.05, 4.69) is 26.9 Å². The molecule has 2 aromatic heterocycles. The molecule has 0 amide bonds. The molecule has 3 rings (SSSR count). The molecule has 1 aliphatic rings. The van der Waals surface area contributed by atoms with E-state index in [1.807, 2.05) is 4.57 Å². The van der Waals surface area contributed by atoms with Crippen molar-refractivity contribution in [3.8, 4) is 5.88 Å². The second-order valence-corrected chi connectivity index (χ2v) is 5.38. The van der Waals surface area contributed by atoms with Crippen molar-refractivity contribution in [1.82, 2.24) is 24.4 Å². The number of nitrogen functional groups attached to an aromatic ring is 1. The summed E-state index contributed by atoms with van der Waals surface area (Å²) in [5.74, 6) is 1.58. The highest BCUT2D eigenvalue weighted by molar-refractivity contribution is 5.78. The van der Waals surface area contributed by atoms with Crippen LogP contribution in [-0.2, 0) is 6.54 Å². The summed E-state index contributed by atoms with van der Waals surface area (Å²) >= 11 is 0. The first-order valence-corrected chi connectivity index (χ1v) is 6.88. The molecule has 7 nitrogen and oxygen atoms in total. The highest BCUT2D eigenvalue weighted by Gasteiger charge is 2.21. The number of fused-ring (bicyclic) bond motifs is 1. The zero-order valence-corrected chi connectivity index (χ0v) is 11.9. The number of hydrogen-bond donors (Lipinski definition) is 1. The molecule has 1 saturated heterocycles. The number of rotatable bonds is 3. The normalized spacial score (nSPS) is 17.7. The van der Waals surface area contributed by atoms with Gasteiger partial charge in [-0.15, -0.1) is 0 Å². The maximum atomic E-state index is 6.04. The lowest BCUT2D eigenvalue weighted by Gasteiger charge is -2.29. The SMILES string of the molecule is COc1ncnc2c1nc(N)n2CC1CCN(C)CC1. The number of aromatic nitrogens is 4. The summed E-state index contributed by atoms with van der Waals surface area (Å²) in [7, 11) is 3.74. The Morgan fingerprint density at radius 3 is 2.80 bits per heavy atom. The molecule has 2 aromatic rings. The Morgan fingerprint density at radius 2 is 2.10 bits per heavy atom. The van der Waals surface area contributed by atoms with Gasteiger partial charge >= 0.3 is 0 Å². The molecule has 0 saturated carbocycles. The fourth-order valence-corrected chi connectivity index (χ4v) is 2.76. The molecule has 20 heavy (non-hydrogen) atoms. The highest BCUT2D eigenvalue weighted by atomic mass is 16.5.